The van der Waals surface area contributed by atoms with Crippen molar-refractivity contribution in [2.45, 2.75) is 42.7 Å². The molecule has 1 saturated heterocycles. The number of ether oxygens (including phenoxy) is 2. The van der Waals surface area contributed by atoms with Crippen molar-refractivity contribution in [1.82, 2.24) is 9.97 Å². The number of nitrogens with zero attached hydrogens (tertiary/aromatic N) is 3. The Morgan fingerprint density at radius 1 is 1.35 bits per heavy atom. The van der Waals surface area contributed by atoms with Crippen LogP contribution < -0.4 is 0 Å². The molecule has 6 heteroatoms. The molecular formula is C14H19N3O2S. The first-order valence-electron chi connectivity index (χ1n) is 6.98. The number of aromatic nitrogens is 2. The number of hydrogen-bond acceptors (Lipinski definition) is 6. The Bertz CT molecular complexity index is 479. The second-order valence-electron chi connectivity index (χ2n) is 5.09. The van der Waals surface area contributed by atoms with E-state index in [0.717, 1.165) is 49.7 Å². The van der Waals surface area contributed by atoms with E-state index in [2.05, 4.69) is 15.0 Å². The van der Waals surface area contributed by atoms with Gasteiger partial charge in [0, 0.05) is 25.3 Å². The third-order valence-corrected chi connectivity index (χ3v) is 4.35. The zero-order valence-corrected chi connectivity index (χ0v) is 12.4. The second-order valence-corrected chi connectivity index (χ2v) is 5.86. The van der Waals surface area contributed by atoms with E-state index in [-0.39, 0.29) is 5.79 Å². The molecule has 2 aliphatic rings. The smallest absolute Gasteiger partial charge is 0.187 e. The number of rotatable bonds is 3. The zero-order valence-electron chi connectivity index (χ0n) is 11.6. The molecule has 0 N–H and O–H groups in total. The highest BCUT2D eigenvalue weighted by Crippen LogP contribution is 2.36. The van der Waals surface area contributed by atoms with Crippen LogP contribution in [-0.4, -0.2) is 47.5 Å². The van der Waals surface area contributed by atoms with Gasteiger partial charge in [-0.15, -0.1) is 0 Å². The summed E-state index contributed by atoms with van der Waals surface area (Å²) in [5.74, 6) is -0.299. The van der Waals surface area contributed by atoms with Crippen LogP contribution in [0.2, 0.25) is 0 Å². The largest absolute Gasteiger partial charge is 0.348 e. The first kappa shape index (κ1) is 14.0. The van der Waals surface area contributed by atoms with Crippen LogP contribution in [-0.2, 0) is 9.47 Å². The molecule has 0 radical (unpaired) electrons. The van der Waals surface area contributed by atoms with E-state index in [1.807, 2.05) is 18.5 Å². The molecule has 1 spiro atoms. The predicted molar refractivity (Wildman–Crippen MR) is 78.3 cm³/mol. The number of aliphatic imine (C=N–C) groups is 1. The van der Waals surface area contributed by atoms with Crippen LogP contribution in [0, 0.1) is 0 Å². The first-order chi connectivity index (χ1) is 9.80. The third kappa shape index (κ3) is 3.19. The summed E-state index contributed by atoms with van der Waals surface area (Å²) >= 11 is 1.54. The molecule has 0 amide bonds. The van der Waals surface area contributed by atoms with Crippen molar-refractivity contribution < 1.29 is 9.47 Å². The van der Waals surface area contributed by atoms with Gasteiger partial charge >= 0.3 is 0 Å². The Kier molecular flexibility index (Phi) is 4.33. The summed E-state index contributed by atoms with van der Waals surface area (Å²) in [5.41, 5.74) is 0.873. The van der Waals surface area contributed by atoms with Gasteiger partial charge < -0.3 is 9.47 Å². The second kappa shape index (κ2) is 6.20. The van der Waals surface area contributed by atoms with Crippen molar-refractivity contribution in [3.8, 4) is 0 Å². The lowest BCUT2D eigenvalue weighted by Crippen LogP contribution is -2.36. The monoisotopic (exact) mass is 293 g/mol. The summed E-state index contributed by atoms with van der Waals surface area (Å²) in [5, 5.41) is 0.782. The lowest BCUT2D eigenvalue weighted by Gasteiger charge is -2.33. The van der Waals surface area contributed by atoms with Crippen LogP contribution >= 0.6 is 11.8 Å². The fraction of sp³-hybridized carbons (Fsp3) is 0.643. The fourth-order valence-electron chi connectivity index (χ4n) is 2.68. The van der Waals surface area contributed by atoms with E-state index in [9.17, 15) is 0 Å². The Balaban J connectivity index is 1.57. The van der Waals surface area contributed by atoms with Gasteiger partial charge in [-0.3, -0.25) is 4.99 Å². The van der Waals surface area contributed by atoms with E-state index < -0.39 is 0 Å². The Labute approximate surface area is 123 Å². The van der Waals surface area contributed by atoms with Gasteiger partial charge in [-0.1, -0.05) is 11.8 Å². The standard InChI is InChI=1S/C14H19N3O2S/c1-20-13-15-7-4-12(17-13)10-16-11-2-5-14(6-3-11)18-8-9-19-14/h4,7,10-11H,2-3,5-6,8-9H2,1H3. The van der Waals surface area contributed by atoms with Crippen molar-refractivity contribution in [1.29, 1.82) is 0 Å². The summed E-state index contributed by atoms with van der Waals surface area (Å²) < 4.78 is 11.5. The molecule has 2 fully saturated rings. The fourth-order valence-corrected chi connectivity index (χ4v) is 3.05. The summed E-state index contributed by atoms with van der Waals surface area (Å²) in [7, 11) is 0. The molecule has 20 heavy (non-hydrogen) atoms. The van der Waals surface area contributed by atoms with Gasteiger partial charge in [0.2, 0.25) is 0 Å². The minimum absolute atomic E-state index is 0.299. The van der Waals surface area contributed by atoms with Crippen LogP contribution in [0.4, 0.5) is 0 Å². The lowest BCUT2D eigenvalue weighted by atomic mass is 9.90. The van der Waals surface area contributed by atoms with E-state index in [0.29, 0.717) is 6.04 Å². The number of hydrogen-bond donors (Lipinski definition) is 0. The number of thioether (sulfide) groups is 1. The quantitative estimate of drug-likeness (QED) is 0.486. The molecular weight excluding hydrogens is 274 g/mol. The molecule has 2 heterocycles. The molecule has 5 nitrogen and oxygen atoms in total. The van der Waals surface area contributed by atoms with E-state index in [4.69, 9.17) is 9.47 Å². The molecule has 1 aromatic rings. The van der Waals surface area contributed by atoms with Gasteiger partial charge in [-0.25, -0.2) is 9.97 Å². The van der Waals surface area contributed by atoms with E-state index in [1.165, 1.54) is 0 Å². The van der Waals surface area contributed by atoms with E-state index in [1.54, 1.807) is 18.0 Å². The highest BCUT2D eigenvalue weighted by molar-refractivity contribution is 7.98. The molecule has 1 aliphatic heterocycles. The summed E-state index contributed by atoms with van der Waals surface area (Å²) in [6.07, 6.45) is 9.51. The average molecular weight is 293 g/mol. The molecule has 1 aromatic heterocycles. The minimum Gasteiger partial charge on any atom is -0.348 e. The van der Waals surface area contributed by atoms with Crippen molar-refractivity contribution in [2.24, 2.45) is 4.99 Å². The topological polar surface area (TPSA) is 56.6 Å². The molecule has 0 unspecified atom stereocenters. The molecule has 1 aliphatic carbocycles. The van der Waals surface area contributed by atoms with Crippen LogP contribution in [0.15, 0.2) is 22.4 Å². The molecule has 0 bridgehead atoms. The summed E-state index contributed by atoms with van der Waals surface area (Å²) in [6, 6.07) is 2.23. The SMILES string of the molecule is CSc1nccc(C=NC2CCC3(CC2)OCCO3)n1. The lowest BCUT2D eigenvalue weighted by molar-refractivity contribution is -0.178. The molecule has 3 rings (SSSR count). The maximum Gasteiger partial charge on any atom is 0.187 e. The zero-order chi connectivity index (χ0) is 13.8. The van der Waals surface area contributed by atoms with Crippen LogP contribution in [0.3, 0.4) is 0 Å². The highest BCUT2D eigenvalue weighted by Gasteiger charge is 2.40. The molecule has 1 saturated carbocycles. The average Bonchev–Trinajstić information content (AvgIpc) is 2.95. The van der Waals surface area contributed by atoms with Gasteiger partial charge in [0.25, 0.3) is 0 Å². The Morgan fingerprint density at radius 3 is 2.80 bits per heavy atom. The van der Waals surface area contributed by atoms with Crippen LogP contribution in [0.5, 0.6) is 0 Å². The van der Waals surface area contributed by atoms with E-state index >= 15 is 0 Å². The summed E-state index contributed by atoms with van der Waals surface area (Å²) in [4.78, 5) is 13.2. The minimum atomic E-state index is -0.299. The molecule has 108 valence electrons. The maximum atomic E-state index is 5.73. The predicted octanol–water partition coefficient (Wildman–Crippen LogP) is 2.30. The van der Waals surface area contributed by atoms with Crippen molar-refractivity contribution in [2.75, 3.05) is 19.5 Å². The van der Waals surface area contributed by atoms with Crippen molar-refractivity contribution in [3.05, 3.63) is 18.0 Å². The highest BCUT2D eigenvalue weighted by atomic mass is 32.2. The Hall–Kier alpha value is -0.980. The van der Waals surface area contributed by atoms with Gasteiger partial charge in [0.05, 0.1) is 24.9 Å². The van der Waals surface area contributed by atoms with Crippen LogP contribution in [0.25, 0.3) is 0 Å². The first-order valence-corrected chi connectivity index (χ1v) is 8.20. The van der Waals surface area contributed by atoms with Gasteiger partial charge in [-0.2, -0.15) is 0 Å². The molecule has 0 atom stereocenters. The van der Waals surface area contributed by atoms with Gasteiger partial charge in [0.1, 0.15) is 0 Å². The van der Waals surface area contributed by atoms with Crippen molar-refractivity contribution in [3.63, 3.8) is 0 Å². The summed E-state index contributed by atoms with van der Waals surface area (Å²) in [6.45, 7) is 1.46. The van der Waals surface area contributed by atoms with Gasteiger partial charge in [0.15, 0.2) is 10.9 Å². The normalized spacial score (nSPS) is 22.9. The van der Waals surface area contributed by atoms with Gasteiger partial charge in [-0.05, 0) is 25.2 Å². The maximum absolute atomic E-state index is 5.73. The van der Waals surface area contributed by atoms with Crippen molar-refractivity contribution >= 4 is 18.0 Å². The Morgan fingerprint density at radius 2 is 2.10 bits per heavy atom. The molecule has 0 aromatic carbocycles. The third-order valence-electron chi connectivity index (χ3n) is 3.79. The van der Waals surface area contributed by atoms with Crippen LogP contribution in [0.1, 0.15) is 31.4 Å².